The van der Waals surface area contributed by atoms with Crippen LogP contribution in [-0.4, -0.2) is 59.0 Å². The lowest BCUT2D eigenvalue weighted by molar-refractivity contribution is 0.102. The van der Waals surface area contributed by atoms with Crippen molar-refractivity contribution in [2.75, 3.05) is 42.7 Å². The van der Waals surface area contributed by atoms with Crippen LogP contribution in [0.1, 0.15) is 21.5 Å². The third-order valence-corrected chi connectivity index (χ3v) is 6.49. The van der Waals surface area contributed by atoms with Crippen LogP contribution in [-0.2, 0) is 6.54 Å². The van der Waals surface area contributed by atoms with Crippen LogP contribution in [0.2, 0.25) is 0 Å². The van der Waals surface area contributed by atoms with Crippen LogP contribution in [0.25, 0.3) is 11.3 Å². The molecule has 1 aliphatic heterocycles. The number of carbonyl (C=O) groups excluding carboxylic acids is 2. The third kappa shape index (κ3) is 5.82. The van der Waals surface area contributed by atoms with Gasteiger partial charge >= 0.3 is 6.03 Å². The zero-order valence-corrected chi connectivity index (χ0v) is 22.7. The Balaban J connectivity index is 1.64. The number of hydrogen-bond donors (Lipinski definition) is 3. The molecule has 0 fully saturated rings. The number of hydrogen-bond acceptors (Lipinski definition) is 7. The maximum Gasteiger partial charge on any atom is 0.328 e. The van der Waals surface area contributed by atoms with Crippen LogP contribution in [0.3, 0.4) is 0 Å². The Morgan fingerprint density at radius 2 is 1.88 bits per heavy atom. The number of halogens is 2. The Morgan fingerprint density at radius 1 is 1.10 bits per heavy atom. The Morgan fingerprint density at radius 3 is 2.59 bits per heavy atom. The van der Waals surface area contributed by atoms with E-state index in [2.05, 4.69) is 25.9 Å². The summed E-state index contributed by atoms with van der Waals surface area (Å²) in [5, 5.41) is 8.64. The molecule has 0 aliphatic carbocycles. The van der Waals surface area contributed by atoms with Gasteiger partial charge in [0.05, 0.1) is 24.1 Å². The highest BCUT2D eigenvalue weighted by atomic mass is 19.1. The summed E-state index contributed by atoms with van der Waals surface area (Å²) in [5.74, 6) is -1.97. The van der Waals surface area contributed by atoms with E-state index < -0.39 is 23.4 Å². The molecule has 210 valence electrons. The van der Waals surface area contributed by atoms with E-state index in [9.17, 15) is 18.4 Å². The molecule has 10 nitrogen and oxygen atoms in total. The molecule has 0 atom stereocenters. The second-order valence-corrected chi connectivity index (χ2v) is 9.72. The average Bonchev–Trinajstić information content (AvgIpc) is 2.94. The van der Waals surface area contributed by atoms with Gasteiger partial charge in [0.15, 0.2) is 5.82 Å². The van der Waals surface area contributed by atoms with Gasteiger partial charge in [-0.2, -0.15) is 4.98 Å². The number of aryl methyl sites for hydroxylation is 1. The summed E-state index contributed by atoms with van der Waals surface area (Å²) < 4.78 is 29.9. The molecule has 3 amide bonds. The predicted octanol–water partition coefficient (Wildman–Crippen LogP) is 4.71. The van der Waals surface area contributed by atoms with Crippen molar-refractivity contribution >= 4 is 35.1 Å². The average molecular weight is 559 g/mol. The maximum atomic E-state index is 14.9. The fourth-order valence-corrected chi connectivity index (χ4v) is 4.42. The molecule has 12 heteroatoms. The van der Waals surface area contributed by atoms with Gasteiger partial charge < -0.3 is 20.9 Å². The van der Waals surface area contributed by atoms with Gasteiger partial charge in [-0.05, 0) is 63.0 Å². The summed E-state index contributed by atoms with van der Waals surface area (Å²) in [6.45, 7) is 3.00. The number of anilines is 4. The first kappa shape index (κ1) is 27.6. The normalized spacial score (nSPS) is 12.6. The summed E-state index contributed by atoms with van der Waals surface area (Å²) in [5.41, 5.74) is 2.61. The molecule has 2 aromatic heterocycles. The van der Waals surface area contributed by atoms with Crippen LogP contribution in [0.15, 0.2) is 60.9 Å². The molecule has 2 aromatic carbocycles. The number of nitrogens with one attached hydrogen (secondary N) is 3. The van der Waals surface area contributed by atoms with Gasteiger partial charge in [0, 0.05) is 36.0 Å². The topological polar surface area (TPSA) is 115 Å². The Labute approximate surface area is 235 Å². The molecule has 0 bridgehead atoms. The molecule has 0 unspecified atom stereocenters. The summed E-state index contributed by atoms with van der Waals surface area (Å²) in [6.07, 6.45) is 3.15. The van der Waals surface area contributed by atoms with Crippen molar-refractivity contribution in [3.8, 4) is 11.3 Å². The Kier molecular flexibility index (Phi) is 7.83. The molecule has 41 heavy (non-hydrogen) atoms. The zero-order chi connectivity index (χ0) is 29.1. The van der Waals surface area contributed by atoms with E-state index in [1.165, 1.54) is 6.07 Å². The van der Waals surface area contributed by atoms with Gasteiger partial charge in [-0.15, -0.1) is 0 Å². The molecule has 0 spiro atoms. The minimum Gasteiger partial charge on any atom is -0.353 e. The van der Waals surface area contributed by atoms with Gasteiger partial charge in [-0.1, -0.05) is 12.1 Å². The first-order valence-corrected chi connectivity index (χ1v) is 12.9. The van der Waals surface area contributed by atoms with Crippen LogP contribution in [0.4, 0.5) is 36.7 Å². The molecular formula is C29H28F2N8O2. The van der Waals surface area contributed by atoms with Crippen LogP contribution in [0, 0.1) is 18.6 Å². The number of para-hydroxylation sites is 1. The van der Waals surface area contributed by atoms with Crippen molar-refractivity contribution in [1.29, 1.82) is 0 Å². The predicted molar refractivity (Wildman–Crippen MR) is 152 cm³/mol. The molecule has 3 N–H and O–H groups in total. The number of carbonyl (C=O) groups is 2. The second-order valence-electron chi connectivity index (χ2n) is 9.72. The van der Waals surface area contributed by atoms with E-state index in [1.807, 2.05) is 25.9 Å². The minimum absolute atomic E-state index is 0.0135. The van der Waals surface area contributed by atoms with Crippen LogP contribution in [0.5, 0.6) is 0 Å². The molecule has 4 aromatic rings. The lowest BCUT2D eigenvalue weighted by atomic mass is 9.97. The number of likely N-dealkylation sites (N-methyl/N-ethyl adjacent to an activating group) is 1. The second kappa shape index (κ2) is 11.6. The molecule has 0 saturated carbocycles. The van der Waals surface area contributed by atoms with Gasteiger partial charge in [0.2, 0.25) is 5.95 Å². The van der Waals surface area contributed by atoms with E-state index in [0.717, 1.165) is 22.6 Å². The highest BCUT2D eigenvalue weighted by Gasteiger charge is 2.34. The lowest BCUT2D eigenvalue weighted by Crippen LogP contribution is -2.43. The number of nitrogens with zero attached hydrogens (tertiary/aromatic N) is 5. The van der Waals surface area contributed by atoms with Crippen molar-refractivity contribution < 1.29 is 18.4 Å². The number of aromatic nitrogens is 3. The van der Waals surface area contributed by atoms with Gasteiger partial charge in [-0.25, -0.2) is 23.5 Å². The molecule has 0 radical (unpaired) electrons. The summed E-state index contributed by atoms with van der Waals surface area (Å²) in [6, 6.07) is 11.3. The summed E-state index contributed by atoms with van der Waals surface area (Å²) in [7, 11) is 3.83. The van der Waals surface area contributed by atoms with Crippen LogP contribution < -0.4 is 20.9 Å². The largest absolute Gasteiger partial charge is 0.353 e. The molecule has 0 saturated heterocycles. The molecule has 3 heterocycles. The van der Waals surface area contributed by atoms with Crippen molar-refractivity contribution in [1.82, 2.24) is 25.2 Å². The highest BCUT2D eigenvalue weighted by molar-refractivity contribution is 6.05. The van der Waals surface area contributed by atoms with Crippen molar-refractivity contribution in [2.45, 2.75) is 13.5 Å². The quantitative estimate of drug-likeness (QED) is 0.287. The first-order valence-electron chi connectivity index (χ1n) is 12.9. The zero-order valence-electron chi connectivity index (χ0n) is 22.7. The summed E-state index contributed by atoms with van der Waals surface area (Å²) >= 11 is 0. The van der Waals surface area contributed by atoms with E-state index >= 15 is 0 Å². The smallest absolute Gasteiger partial charge is 0.328 e. The summed E-state index contributed by atoms with van der Waals surface area (Å²) in [4.78, 5) is 42.3. The standard InChI is InChI=1S/C29H28F2N8O2/c1-17-9-10-18(27(40)35-19-6-5-11-32-15-19)14-20(17)24-21-16-34-29(41)39(25-22(30)7-4-8-23(25)31)26(21)37-28(36-24)33-12-13-38(2)3/h4-11,14-15H,12-13,16H2,1-3H3,(H,34,41)(H,35,40)(H,33,36,37). The Bertz CT molecular complexity index is 1590. The number of rotatable bonds is 8. The van der Waals surface area contributed by atoms with Crippen molar-refractivity contribution in [3.05, 3.63) is 89.2 Å². The fourth-order valence-electron chi connectivity index (χ4n) is 4.42. The fraction of sp³-hybridized carbons (Fsp3) is 0.207. The number of benzene rings is 2. The van der Waals surface area contributed by atoms with Crippen molar-refractivity contribution in [3.63, 3.8) is 0 Å². The maximum absolute atomic E-state index is 14.9. The lowest BCUT2D eigenvalue weighted by Gasteiger charge is -2.31. The molecule has 1 aliphatic rings. The van der Waals surface area contributed by atoms with Crippen molar-refractivity contribution in [2.24, 2.45) is 0 Å². The van der Waals surface area contributed by atoms with E-state index in [1.54, 1.807) is 42.7 Å². The minimum atomic E-state index is -0.916. The SMILES string of the molecule is Cc1ccc(C(=O)Nc2cccnc2)cc1-c1nc(NCCN(C)C)nc2c1CNC(=O)N2c1c(F)cccc1F. The number of amides is 3. The third-order valence-electron chi connectivity index (χ3n) is 6.49. The van der Waals surface area contributed by atoms with E-state index in [0.29, 0.717) is 41.2 Å². The van der Waals surface area contributed by atoms with E-state index in [4.69, 9.17) is 4.98 Å². The Hall–Kier alpha value is -4.97. The van der Waals surface area contributed by atoms with Gasteiger partial charge in [0.1, 0.15) is 17.3 Å². The van der Waals surface area contributed by atoms with Gasteiger partial charge in [-0.3, -0.25) is 9.78 Å². The first-order chi connectivity index (χ1) is 19.7. The number of urea groups is 1. The highest BCUT2D eigenvalue weighted by Crippen LogP contribution is 2.39. The molecule has 5 rings (SSSR count). The monoisotopic (exact) mass is 558 g/mol. The van der Waals surface area contributed by atoms with Gasteiger partial charge in [0.25, 0.3) is 5.91 Å². The molecular weight excluding hydrogens is 530 g/mol. The van der Waals surface area contributed by atoms with Crippen LogP contribution >= 0.6 is 0 Å². The van der Waals surface area contributed by atoms with E-state index in [-0.39, 0.29) is 24.2 Å². The number of fused-ring (bicyclic) bond motifs is 1. The number of pyridine rings is 1.